The number of ketones is 2. The number of aromatic nitrogens is 1. The minimum Gasteiger partial charge on any atom is -0.318 e. The molecule has 0 N–H and O–H groups in total. The monoisotopic (exact) mass is 355 g/mol. The third-order valence-electron chi connectivity index (χ3n) is 5.42. The lowest BCUT2D eigenvalue weighted by molar-refractivity contribution is 0.0990. The molecule has 0 bridgehead atoms. The van der Waals surface area contributed by atoms with E-state index in [1.165, 1.54) is 11.1 Å². The van der Waals surface area contributed by atoms with Gasteiger partial charge in [0.1, 0.15) is 0 Å². The molecule has 3 heteroatoms. The van der Waals surface area contributed by atoms with Crippen molar-refractivity contribution in [1.29, 1.82) is 0 Å². The van der Waals surface area contributed by atoms with Crippen LogP contribution in [0.3, 0.4) is 0 Å². The van der Waals surface area contributed by atoms with E-state index in [2.05, 4.69) is 36.6 Å². The molecule has 3 nitrogen and oxygen atoms in total. The molecule has 1 aliphatic carbocycles. The summed E-state index contributed by atoms with van der Waals surface area (Å²) < 4.78 is 2.16. The number of nitrogens with zero attached hydrogens (tertiary/aromatic N) is 1. The summed E-state index contributed by atoms with van der Waals surface area (Å²) in [5, 5.41) is 0. The van der Waals surface area contributed by atoms with Gasteiger partial charge >= 0.3 is 0 Å². The van der Waals surface area contributed by atoms with Crippen molar-refractivity contribution in [1.82, 2.24) is 4.57 Å². The van der Waals surface area contributed by atoms with Crippen LogP contribution < -0.4 is 0 Å². The van der Waals surface area contributed by atoms with Crippen molar-refractivity contribution in [2.45, 2.75) is 27.7 Å². The van der Waals surface area contributed by atoms with Crippen LogP contribution in [0.5, 0.6) is 0 Å². The smallest absolute Gasteiger partial charge is 0.197 e. The predicted molar refractivity (Wildman–Crippen MR) is 108 cm³/mol. The van der Waals surface area contributed by atoms with Crippen LogP contribution in [-0.4, -0.2) is 16.1 Å². The van der Waals surface area contributed by atoms with Crippen molar-refractivity contribution in [3.63, 3.8) is 0 Å². The summed E-state index contributed by atoms with van der Waals surface area (Å²) in [7, 11) is 0. The van der Waals surface area contributed by atoms with E-state index in [1.807, 2.05) is 19.9 Å². The second kappa shape index (κ2) is 6.20. The second-order valence-corrected chi connectivity index (χ2v) is 7.19. The Morgan fingerprint density at radius 2 is 1.41 bits per heavy atom. The van der Waals surface area contributed by atoms with Gasteiger partial charge in [0, 0.05) is 28.2 Å². The molecule has 27 heavy (non-hydrogen) atoms. The van der Waals surface area contributed by atoms with Gasteiger partial charge in [-0.1, -0.05) is 30.3 Å². The van der Waals surface area contributed by atoms with E-state index in [0.717, 1.165) is 22.6 Å². The molecule has 4 rings (SSSR count). The Kier molecular flexibility index (Phi) is 3.96. The number of aryl methyl sites for hydroxylation is 3. The van der Waals surface area contributed by atoms with Crippen LogP contribution in [0.1, 0.15) is 48.8 Å². The van der Waals surface area contributed by atoms with Gasteiger partial charge < -0.3 is 4.57 Å². The van der Waals surface area contributed by atoms with Crippen molar-refractivity contribution < 1.29 is 9.59 Å². The molecule has 0 saturated heterocycles. The maximum absolute atomic E-state index is 12.7. The average Bonchev–Trinajstić information content (AvgIpc) is 3.06. The Bertz CT molecular complexity index is 1110. The van der Waals surface area contributed by atoms with E-state index in [0.29, 0.717) is 11.1 Å². The van der Waals surface area contributed by atoms with Gasteiger partial charge in [0.25, 0.3) is 0 Å². The minimum atomic E-state index is -0.188. The predicted octanol–water partition coefficient (Wildman–Crippen LogP) is 5.17. The molecule has 0 spiro atoms. The summed E-state index contributed by atoms with van der Waals surface area (Å²) in [6.45, 7) is 8.26. The standard InChI is InChI=1S/C24H21NO2/c1-14-9-10-19(11-15(14)2)25-16(3)12-18(17(25)4)13-22-23(26)20-7-5-6-8-21(20)24(22)27/h5-13H,1-4H3. The molecular weight excluding hydrogens is 334 g/mol. The molecule has 134 valence electrons. The lowest BCUT2D eigenvalue weighted by Crippen LogP contribution is -2.02. The molecule has 0 radical (unpaired) electrons. The van der Waals surface area contributed by atoms with Crippen LogP contribution in [0.4, 0.5) is 0 Å². The number of benzene rings is 2. The van der Waals surface area contributed by atoms with Crippen molar-refractivity contribution in [3.8, 4) is 5.69 Å². The van der Waals surface area contributed by atoms with Gasteiger partial charge in [0.2, 0.25) is 0 Å². The third kappa shape index (κ3) is 2.67. The summed E-state index contributed by atoms with van der Waals surface area (Å²) in [5.41, 5.74) is 7.79. The first-order valence-corrected chi connectivity index (χ1v) is 9.05. The molecule has 1 aliphatic rings. The van der Waals surface area contributed by atoms with Gasteiger partial charge in [-0.2, -0.15) is 0 Å². The Balaban J connectivity index is 1.81. The minimum absolute atomic E-state index is 0.188. The summed E-state index contributed by atoms with van der Waals surface area (Å²) >= 11 is 0. The van der Waals surface area contributed by atoms with Crippen LogP contribution in [0.25, 0.3) is 11.8 Å². The molecule has 2 aromatic carbocycles. The number of hydrogen-bond donors (Lipinski definition) is 0. The Morgan fingerprint density at radius 3 is 2.00 bits per heavy atom. The van der Waals surface area contributed by atoms with Crippen LogP contribution in [0.15, 0.2) is 54.1 Å². The van der Waals surface area contributed by atoms with E-state index < -0.39 is 0 Å². The molecular formula is C24H21NO2. The highest BCUT2D eigenvalue weighted by atomic mass is 16.2. The van der Waals surface area contributed by atoms with E-state index >= 15 is 0 Å². The topological polar surface area (TPSA) is 39.1 Å². The fourth-order valence-corrected chi connectivity index (χ4v) is 3.75. The molecule has 0 saturated carbocycles. The first kappa shape index (κ1) is 17.2. The lowest BCUT2D eigenvalue weighted by Gasteiger charge is -2.11. The molecule has 3 aromatic rings. The van der Waals surface area contributed by atoms with Gasteiger partial charge in [-0.05, 0) is 68.7 Å². The highest BCUT2D eigenvalue weighted by molar-refractivity contribution is 6.41. The van der Waals surface area contributed by atoms with Crippen molar-refractivity contribution in [2.75, 3.05) is 0 Å². The van der Waals surface area contributed by atoms with Gasteiger partial charge in [-0.3, -0.25) is 9.59 Å². The first-order chi connectivity index (χ1) is 12.9. The fourth-order valence-electron chi connectivity index (χ4n) is 3.75. The molecule has 1 aromatic heterocycles. The van der Waals surface area contributed by atoms with E-state index in [4.69, 9.17) is 0 Å². The number of hydrogen-bond acceptors (Lipinski definition) is 2. The Hall–Kier alpha value is -3.20. The van der Waals surface area contributed by atoms with Crippen LogP contribution in [-0.2, 0) is 0 Å². The number of allylic oxidation sites excluding steroid dienone is 1. The lowest BCUT2D eigenvalue weighted by atomic mass is 10.1. The van der Waals surface area contributed by atoms with E-state index in [-0.39, 0.29) is 17.1 Å². The summed E-state index contributed by atoms with van der Waals surface area (Å²) in [6.07, 6.45) is 1.74. The SMILES string of the molecule is Cc1ccc(-n2c(C)cc(C=C3C(=O)c4ccccc4C3=O)c2C)cc1C. The molecule has 0 atom stereocenters. The summed E-state index contributed by atoms with van der Waals surface area (Å²) in [5.74, 6) is -0.377. The maximum Gasteiger partial charge on any atom is 0.197 e. The van der Waals surface area contributed by atoms with Crippen molar-refractivity contribution in [2.24, 2.45) is 0 Å². The normalized spacial score (nSPS) is 13.3. The molecule has 0 amide bonds. The summed E-state index contributed by atoms with van der Waals surface area (Å²) in [6, 6.07) is 15.4. The number of carbonyl (C=O) groups is 2. The first-order valence-electron chi connectivity index (χ1n) is 9.05. The van der Waals surface area contributed by atoms with Gasteiger partial charge in [0.05, 0.1) is 5.57 Å². The van der Waals surface area contributed by atoms with Crippen LogP contribution >= 0.6 is 0 Å². The number of fused-ring (bicyclic) bond motifs is 1. The highest BCUT2D eigenvalue weighted by Crippen LogP contribution is 2.30. The zero-order chi connectivity index (χ0) is 19.3. The quantitative estimate of drug-likeness (QED) is 0.470. The number of Topliss-reactive ketones (excluding diaryl/α,β-unsaturated/α-hetero) is 2. The molecule has 0 unspecified atom stereocenters. The van der Waals surface area contributed by atoms with Crippen LogP contribution in [0.2, 0.25) is 0 Å². The Labute approximate surface area is 159 Å². The van der Waals surface area contributed by atoms with Crippen LogP contribution in [0, 0.1) is 27.7 Å². The zero-order valence-corrected chi connectivity index (χ0v) is 16.0. The third-order valence-corrected chi connectivity index (χ3v) is 5.42. The van der Waals surface area contributed by atoms with Crippen molar-refractivity contribution in [3.05, 3.63) is 93.3 Å². The highest BCUT2D eigenvalue weighted by Gasteiger charge is 2.32. The maximum atomic E-state index is 12.7. The van der Waals surface area contributed by atoms with E-state index in [9.17, 15) is 9.59 Å². The zero-order valence-electron chi connectivity index (χ0n) is 16.0. The Morgan fingerprint density at radius 1 is 0.778 bits per heavy atom. The number of carbonyl (C=O) groups excluding carboxylic acids is 2. The largest absolute Gasteiger partial charge is 0.318 e. The van der Waals surface area contributed by atoms with Gasteiger partial charge in [-0.25, -0.2) is 0 Å². The number of rotatable bonds is 2. The fraction of sp³-hybridized carbons (Fsp3) is 0.167. The van der Waals surface area contributed by atoms with Gasteiger partial charge in [-0.15, -0.1) is 0 Å². The van der Waals surface area contributed by atoms with E-state index in [1.54, 1.807) is 30.3 Å². The van der Waals surface area contributed by atoms with Gasteiger partial charge in [0.15, 0.2) is 11.6 Å². The molecule has 0 aliphatic heterocycles. The average molecular weight is 355 g/mol. The molecule has 1 heterocycles. The summed E-state index contributed by atoms with van der Waals surface area (Å²) in [4.78, 5) is 25.3. The van der Waals surface area contributed by atoms with Crippen molar-refractivity contribution >= 4 is 17.6 Å². The molecule has 0 fully saturated rings. The second-order valence-electron chi connectivity index (χ2n) is 7.19.